The fraction of sp³-hybridized carbons (Fsp3) is 0.133. The van der Waals surface area contributed by atoms with Crippen LogP contribution in [0.25, 0.3) is 0 Å². The van der Waals surface area contributed by atoms with E-state index in [4.69, 9.17) is 11.5 Å². The third kappa shape index (κ3) is 2.94. The summed E-state index contributed by atoms with van der Waals surface area (Å²) >= 11 is 0. The van der Waals surface area contributed by atoms with E-state index in [-0.39, 0.29) is 22.8 Å². The average Bonchev–Trinajstić information content (AvgIpc) is 2.43. The quantitative estimate of drug-likeness (QED) is 0.851. The molecule has 0 saturated heterocycles. The molecule has 0 fully saturated rings. The molecule has 2 rings (SSSR count). The van der Waals surface area contributed by atoms with Crippen LogP contribution in [0.5, 0.6) is 0 Å². The van der Waals surface area contributed by atoms with Gasteiger partial charge >= 0.3 is 0 Å². The molecule has 110 valence electrons. The van der Waals surface area contributed by atoms with Gasteiger partial charge in [0.05, 0.1) is 11.3 Å². The van der Waals surface area contributed by atoms with E-state index in [9.17, 15) is 13.6 Å². The summed E-state index contributed by atoms with van der Waals surface area (Å²) in [7, 11) is 0. The number of amides is 1. The number of halogens is 2. The van der Waals surface area contributed by atoms with Crippen molar-refractivity contribution in [2.24, 2.45) is 5.73 Å². The lowest BCUT2D eigenvalue weighted by molar-refractivity contribution is 0.100. The van der Waals surface area contributed by atoms with Gasteiger partial charge in [-0.1, -0.05) is 0 Å². The predicted molar refractivity (Wildman–Crippen MR) is 78.4 cm³/mol. The Morgan fingerprint density at radius 2 is 1.81 bits per heavy atom. The number of benzene rings is 2. The average molecular weight is 291 g/mol. The molecular formula is C15H15F2N3O. The lowest BCUT2D eigenvalue weighted by Crippen LogP contribution is -2.20. The van der Waals surface area contributed by atoms with E-state index in [0.29, 0.717) is 12.2 Å². The van der Waals surface area contributed by atoms with Gasteiger partial charge in [0.15, 0.2) is 0 Å². The molecule has 0 aliphatic heterocycles. The summed E-state index contributed by atoms with van der Waals surface area (Å²) in [5.74, 6) is -1.70. The van der Waals surface area contributed by atoms with Crippen LogP contribution in [0.3, 0.4) is 0 Å². The van der Waals surface area contributed by atoms with Gasteiger partial charge in [0.1, 0.15) is 11.6 Å². The Kier molecular flexibility index (Phi) is 4.07. The van der Waals surface area contributed by atoms with Gasteiger partial charge in [0.25, 0.3) is 5.91 Å². The van der Waals surface area contributed by atoms with E-state index in [2.05, 4.69) is 0 Å². The molecule has 0 aliphatic rings. The highest BCUT2D eigenvalue weighted by Gasteiger charge is 2.17. The molecule has 2 aromatic carbocycles. The molecule has 0 saturated carbocycles. The number of primary amides is 1. The van der Waals surface area contributed by atoms with E-state index in [0.717, 1.165) is 6.07 Å². The molecule has 0 unspecified atom stereocenters. The number of hydrogen-bond acceptors (Lipinski definition) is 3. The molecule has 0 aromatic heterocycles. The zero-order chi connectivity index (χ0) is 15.6. The van der Waals surface area contributed by atoms with Crippen molar-refractivity contribution in [2.75, 3.05) is 17.2 Å². The van der Waals surface area contributed by atoms with Gasteiger partial charge in [-0.25, -0.2) is 8.78 Å². The lowest BCUT2D eigenvalue weighted by Gasteiger charge is -2.24. The molecule has 1 amide bonds. The highest BCUT2D eigenvalue weighted by molar-refractivity contribution is 5.99. The molecule has 6 heteroatoms. The molecule has 4 N–H and O–H groups in total. The molecule has 2 aromatic rings. The number of nitrogens with zero attached hydrogens (tertiary/aromatic N) is 1. The van der Waals surface area contributed by atoms with Crippen molar-refractivity contribution in [3.05, 3.63) is 53.6 Å². The van der Waals surface area contributed by atoms with Crippen molar-refractivity contribution in [1.29, 1.82) is 0 Å². The molecule has 4 nitrogen and oxygen atoms in total. The molecular weight excluding hydrogens is 276 g/mol. The largest absolute Gasteiger partial charge is 0.398 e. The van der Waals surface area contributed by atoms with Crippen LogP contribution < -0.4 is 16.4 Å². The zero-order valence-electron chi connectivity index (χ0n) is 11.4. The highest BCUT2D eigenvalue weighted by Crippen LogP contribution is 2.31. The van der Waals surface area contributed by atoms with Crippen LogP contribution in [0, 0.1) is 11.6 Å². The van der Waals surface area contributed by atoms with Crippen LogP contribution in [-0.4, -0.2) is 12.5 Å². The minimum absolute atomic E-state index is 0.0149. The third-order valence-corrected chi connectivity index (χ3v) is 3.13. The Balaban J connectivity index is 2.54. The number of nitrogen functional groups attached to an aromatic ring is 1. The summed E-state index contributed by atoms with van der Waals surface area (Å²) in [6, 6.07) is 7.98. The van der Waals surface area contributed by atoms with E-state index < -0.39 is 11.7 Å². The van der Waals surface area contributed by atoms with Gasteiger partial charge in [0.2, 0.25) is 0 Å². The summed E-state index contributed by atoms with van der Waals surface area (Å²) in [4.78, 5) is 12.9. The van der Waals surface area contributed by atoms with E-state index >= 15 is 0 Å². The first kappa shape index (κ1) is 14.8. The van der Waals surface area contributed by atoms with Gasteiger partial charge in [-0.05, 0) is 43.3 Å². The number of carbonyl (C=O) groups is 1. The predicted octanol–water partition coefficient (Wildman–Crippen LogP) is 2.80. The van der Waals surface area contributed by atoms with Gasteiger partial charge in [0, 0.05) is 17.9 Å². The Hall–Kier alpha value is -2.63. The number of nitrogens with two attached hydrogens (primary N) is 2. The summed E-state index contributed by atoms with van der Waals surface area (Å²) in [6.45, 7) is 2.23. The first-order valence-corrected chi connectivity index (χ1v) is 6.36. The Bertz CT molecular complexity index is 671. The number of rotatable bonds is 4. The van der Waals surface area contributed by atoms with Gasteiger partial charge in [-0.2, -0.15) is 0 Å². The molecule has 21 heavy (non-hydrogen) atoms. The number of anilines is 3. The maximum Gasteiger partial charge on any atom is 0.250 e. The fourth-order valence-corrected chi connectivity index (χ4v) is 2.11. The second kappa shape index (κ2) is 5.78. The Labute approximate surface area is 121 Å². The summed E-state index contributed by atoms with van der Waals surface area (Å²) < 4.78 is 27.1. The zero-order valence-corrected chi connectivity index (χ0v) is 11.4. The van der Waals surface area contributed by atoms with Gasteiger partial charge in [-0.3, -0.25) is 4.79 Å². The van der Waals surface area contributed by atoms with Crippen LogP contribution in [0.4, 0.5) is 25.8 Å². The molecule has 0 bridgehead atoms. The first-order chi connectivity index (χ1) is 9.93. The minimum Gasteiger partial charge on any atom is -0.398 e. The van der Waals surface area contributed by atoms with E-state index in [1.165, 1.54) is 30.3 Å². The number of carbonyl (C=O) groups excluding carboxylic acids is 1. The Morgan fingerprint density at radius 3 is 2.33 bits per heavy atom. The van der Waals surface area contributed by atoms with E-state index in [1.807, 2.05) is 6.92 Å². The first-order valence-electron chi connectivity index (χ1n) is 6.36. The van der Waals surface area contributed by atoms with Crippen molar-refractivity contribution in [3.63, 3.8) is 0 Å². The van der Waals surface area contributed by atoms with Crippen LogP contribution in [0.2, 0.25) is 0 Å². The smallest absolute Gasteiger partial charge is 0.250 e. The molecule has 0 heterocycles. The van der Waals surface area contributed by atoms with Crippen LogP contribution in [-0.2, 0) is 0 Å². The molecule has 0 atom stereocenters. The van der Waals surface area contributed by atoms with Gasteiger partial charge in [-0.15, -0.1) is 0 Å². The second-order valence-electron chi connectivity index (χ2n) is 4.48. The number of hydrogen-bond donors (Lipinski definition) is 2. The fourth-order valence-electron chi connectivity index (χ4n) is 2.11. The van der Waals surface area contributed by atoms with Crippen molar-refractivity contribution >= 4 is 23.0 Å². The van der Waals surface area contributed by atoms with Crippen molar-refractivity contribution in [1.82, 2.24) is 0 Å². The summed E-state index contributed by atoms with van der Waals surface area (Å²) in [5, 5.41) is 0. The van der Waals surface area contributed by atoms with Crippen molar-refractivity contribution in [2.45, 2.75) is 6.92 Å². The monoisotopic (exact) mass is 291 g/mol. The maximum absolute atomic E-state index is 14.1. The van der Waals surface area contributed by atoms with Gasteiger partial charge < -0.3 is 16.4 Å². The summed E-state index contributed by atoms with van der Waals surface area (Å²) in [6.07, 6.45) is 0. The maximum atomic E-state index is 14.1. The summed E-state index contributed by atoms with van der Waals surface area (Å²) in [5.41, 5.74) is 11.6. The molecule has 0 spiro atoms. The lowest BCUT2D eigenvalue weighted by atomic mass is 10.1. The van der Waals surface area contributed by atoms with E-state index in [1.54, 1.807) is 4.90 Å². The topological polar surface area (TPSA) is 72.3 Å². The van der Waals surface area contributed by atoms with Crippen LogP contribution >= 0.6 is 0 Å². The molecule has 0 aliphatic carbocycles. The SMILES string of the molecule is CCN(c1ccc(F)cc1)c1cc(C(N)=O)c(N)cc1F. The van der Waals surface area contributed by atoms with Crippen molar-refractivity contribution in [3.8, 4) is 0 Å². The minimum atomic E-state index is -0.732. The van der Waals surface area contributed by atoms with Crippen molar-refractivity contribution < 1.29 is 13.6 Å². The standard InChI is InChI=1S/C15H15F2N3O/c1-2-20(10-5-3-9(16)4-6-10)14-7-11(15(19)21)13(18)8-12(14)17/h3-8H,2,18H2,1H3,(H2,19,21). The molecule has 0 radical (unpaired) electrons. The van der Waals surface area contributed by atoms with Crippen LogP contribution in [0.1, 0.15) is 17.3 Å². The Morgan fingerprint density at radius 1 is 1.19 bits per heavy atom. The second-order valence-corrected chi connectivity index (χ2v) is 4.48. The third-order valence-electron chi connectivity index (χ3n) is 3.13. The highest BCUT2D eigenvalue weighted by atomic mass is 19.1. The van der Waals surface area contributed by atoms with Crippen LogP contribution in [0.15, 0.2) is 36.4 Å². The normalized spacial score (nSPS) is 10.4.